The highest BCUT2D eigenvalue weighted by molar-refractivity contribution is 5.80. The van der Waals surface area contributed by atoms with Gasteiger partial charge in [-0.1, -0.05) is 6.07 Å². The minimum absolute atomic E-state index is 0.309. The minimum atomic E-state index is 0.309. The number of piperidine rings is 1. The maximum atomic E-state index is 5.67. The van der Waals surface area contributed by atoms with Gasteiger partial charge in [0.2, 0.25) is 0 Å². The van der Waals surface area contributed by atoms with Crippen molar-refractivity contribution in [2.45, 2.75) is 52.2 Å². The Morgan fingerprint density at radius 2 is 2.10 bits per heavy atom. The van der Waals surface area contributed by atoms with Gasteiger partial charge in [-0.15, -0.1) is 10.2 Å². The number of aromatic nitrogens is 3. The molecule has 0 saturated carbocycles. The van der Waals surface area contributed by atoms with E-state index in [0.717, 1.165) is 69.5 Å². The van der Waals surface area contributed by atoms with Gasteiger partial charge in [0.25, 0.3) is 0 Å². The van der Waals surface area contributed by atoms with Crippen LogP contribution >= 0.6 is 0 Å². The average Bonchev–Trinajstić information content (AvgIpc) is 3.12. The molecule has 0 aliphatic carbocycles. The molecule has 2 N–H and O–H groups in total. The fourth-order valence-electron chi connectivity index (χ4n) is 3.56. The predicted octanol–water partition coefficient (Wildman–Crippen LogP) is 1.72. The molecule has 0 bridgehead atoms. The van der Waals surface area contributed by atoms with E-state index >= 15 is 0 Å². The first-order chi connectivity index (χ1) is 14.2. The van der Waals surface area contributed by atoms with Crippen molar-refractivity contribution in [2.24, 2.45) is 4.99 Å². The summed E-state index contributed by atoms with van der Waals surface area (Å²) in [5.74, 6) is 1.83. The topological polar surface area (TPSA) is 79.1 Å². The van der Waals surface area contributed by atoms with E-state index in [0.29, 0.717) is 18.7 Å². The predicted molar refractivity (Wildman–Crippen MR) is 116 cm³/mol. The van der Waals surface area contributed by atoms with Crippen LogP contribution in [0.25, 0.3) is 5.65 Å². The molecule has 0 radical (unpaired) electrons. The molecule has 160 valence electrons. The summed E-state index contributed by atoms with van der Waals surface area (Å²) in [5, 5.41) is 15.5. The van der Waals surface area contributed by atoms with Gasteiger partial charge >= 0.3 is 0 Å². The number of guanidine groups is 1. The van der Waals surface area contributed by atoms with E-state index in [2.05, 4.69) is 46.5 Å². The first-order valence-corrected chi connectivity index (χ1v) is 10.8. The summed E-state index contributed by atoms with van der Waals surface area (Å²) >= 11 is 0. The van der Waals surface area contributed by atoms with Crippen molar-refractivity contribution >= 4 is 11.6 Å². The molecule has 2 aromatic heterocycles. The number of hydrogen-bond acceptors (Lipinski definition) is 5. The maximum absolute atomic E-state index is 5.67. The monoisotopic (exact) mass is 401 g/mol. The third kappa shape index (κ3) is 6.68. The van der Waals surface area contributed by atoms with Gasteiger partial charge in [0.05, 0.1) is 12.7 Å². The number of ether oxygens (including phenoxy) is 1. The lowest BCUT2D eigenvalue weighted by Crippen LogP contribution is -2.49. The first-order valence-electron chi connectivity index (χ1n) is 10.8. The molecule has 2 aromatic rings. The number of hydrogen-bond donors (Lipinski definition) is 2. The van der Waals surface area contributed by atoms with E-state index in [1.807, 2.05) is 28.8 Å². The number of fused-ring (bicyclic) bond motifs is 1. The van der Waals surface area contributed by atoms with Crippen LogP contribution in [0.5, 0.6) is 0 Å². The zero-order chi connectivity index (χ0) is 20.5. The Labute approximate surface area is 173 Å². The molecule has 0 atom stereocenters. The molecule has 0 amide bonds. The Kier molecular flexibility index (Phi) is 8.25. The largest absolute Gasteiger partial charge is 0.377 e. The van der Waals surface area contributed by atoms with Crippen molar-refractivity contribution in [1.29, 1.82) is 0 Å². The van der Waals surface area contributed by atoms with Crippen molar-refractivity contribution < 1.29 is 4.74 Å². The van der Waals surface area contributed by atoms with Crippen molar-refractivity contribution in [3.05, 3.63) is 30.2 Å². The molecule has 0 unspecified atom stereocenters. The Morgan fingerprint density at radius 1 is 1.28 bits per heavy atom. The van der Waals surface area contributed by atoms with E-state index in [9.17, 15) is 0 Å². The smallest absolute Gasteiger partial charge is 0.191 e. The highest BCUT2D eigenvalue weighted by Crippen LogP contribution is 2.10. The fourth-order valence-corrected chi connectivity index (χ4v) is 3.56. The van der Waals surface area contributed by atoms with Crippen LogP contribution in [0.1, 0.15) is 39.4 Å². The van der Waals surface area contributed by atoms with Gasteiger partial charge < -0.3 is 20.3 Å². The lowest BCUT2D eigenvalue weighted by atomic mass is 10.1. The number of nitrogens with zero attached hydrogens (tertiary/aromatic N) is 5. The number of rotatable bonds is 9. The van der Waals surface area contributed by atoms with Gasteiger partial charge in [0.15, 0.2) is 11.6 Å². The molecule has 3 heterocycles. The van der Waals surface area contributed by atoms with Gasteiger partial charge in [-0.25, -0.2) is 0 Å². The van der Waals surface area contributed by atoms with E-state index in [4.69, 9.17) is 9.73 Å². The summed E-state index contributed by atoms with van der Waals surface area (Å²) in [7, 11) is 0. The molecule has 8 nitrogen and oxygen atoms in total. The minimum Gasteiger partial charge on any atom is -0.377 e. The summed E-state index contributed by atoms with van der Waals surface area (Å²) < 4.78 is 7.69. The highest BCUT2D eigenvalue weighted by Gasteiger charge is 2.19. The number of aliphatic imine (C=N–C) groups is 1. The lowest BCUT2D eigenvalue weighted by Gasteiger charge is -2.33. The van der Waals surface area contributed by atoms with Crippen LogP contribution < -0.4 is 10.6 Å². The number of likely N-dealkylation sites (tertiary alicyclic amines) is 1. The summed E-state index contributed by atoms with van der Waals surface area (Å²) in [4.78, 5) is 7.24. The van der Waals surface area contributed by atoms with E-state index in [1.54, 1.807) is 0 Å². The Morgan fingerprint density at radius 3 is 2.86 bits per heavy atom. The zero-order valence-corrected chi connectivity index (χ0v) is 18.0. The molecule has 1 aliphatic heterocycles. The summed E-state index contributed by atoms with van der Waals surface area (Å²) in [5.41, 5.74) is 0.877. The second kappa shape index (κ2) is 11.1. The van der Waals surface area contributed by atoms with Gasteiger partial charge in [0.1, 0.15) is 5.82 Å². The van der Waals surface area contributed by atoms with Crippen LogP contribution in [-0.2, 0) is 11.2 Å². The van der Waals surface area contributed by atoms with Crippen molar-refractivity contribution in [3.8, 4) is 0 Å². The zero-order valence-electron chi connectivity index (χ0n) is 18.0. The van der Waals surface area contributed by atoms with Crippen LogP contribution in [-0.4, -0.2) is 76.9 Å². The van der Waals surface area contributed by atoms with E-state index in [-0.39, 0.29) is 0 Å². The van der Waals surface area contributed by atoms with Gasteiger partial charge in [-0.3, -0.25) is 9.39 Å². The van der Waals surface area contributed by atoms with Crippen LogP contribution in [0.15, 0.2) is 29.4 Å². The number of nitrogens with one attached hydrogen (secondary N) is 2. The van der Waals surface area contributed by atoms with E-state index in [1.165, 1.54) is 0 Å². The van der Waals surface area contributed by atoms with Gasteiger partial charge in [0, 0.05) is 51.4 Å². The molecule has 3 rings (SSSR count). The molecule has 8 heteroatoms. The molecule has 29 heavy (non-hydrogen) atoms. The third-order valence-electron chi connectivity index (χ3n) is 5.12. The van der Waals surface area contributed by atoms with Crippen molar-refractivity contribution in [1.82, 2.24) is 30.1 Å². The van der Waals surface area contributed by atoms with Crippen LogP contribution in [0.2, 0.25) is 0 Å². The molecular formula is C21H35N7O. The van der Waals surface area contributed by atoms with Crippen LogP contribution in [0.3, 0.4) is 0 Å². The quantitative estimate of drug-likeness (QED) is 0.492. The average molecular weight is 402 g/mol. The number of pyridine rings is 1. The summed E-state index contributed by atoms with van der Waals surface area (Å²) in [6.45, 7) is 11.8. The lowest BCUT2D eigenvalue weighted by molar-refractivity contribution is 0.0532. The summed E-state index contributed by atoms with van der Waals surface area (Å²) in [6, 6.07) is 6.40. The SMILES string of the molecule is CCNC(=NCCc1nnc2ccccn12)NC1CCN(CCOC(C)C)CC1. The summed E-state index contributed by atoms with van der Waals surface area (Å²) in [6.07, 6.45) is 5.32. The third-order valence-corrected chi connectivity index (χ3v) is 5.12. The maximum Gasteiger partial charge on any atom is 0.191 e. The highest BCUT2D eigenvalue weighted by atomic mass is 16.5. The molecule has 1 fully saturated rings. The van der Waals surface area contributed by atoms with Gasteiger partial charge in [-0.2, -0.15) is 0 Å². The Balaban J connectivity index is 1.45. The standard InChI is InChI=1S/C21H35N7O/c1-4-22-21(23-11-8-20-26-25-19-7-5-6-12-28(19)20)24-18-9-13-27(14-10-18)15-16-29-17(2)3/h5-7,12,17-18H,4,8-11,13-16H2,1-3H3,(H2,22,23,24). The Hall–Kier alpha value is -2.19. The van der Waals surface area contributed by atoms with E-state index < -0.39 is 0 Å². The molecular weight excluding hydrogens is 366 g/mol. The molecule has 1 aliphatic rings. The van der Waals surface area contributed by atoms with Gasteiger partial charge in [-0.05, 0) is 45.7 Å². The molecule has 0 aromatic carbocycles. The first kappa shape index (κ1) is 21.5. The fraction of sp³-hybridized carbons (Fsp3) is 0.667. The Bertz CT molecular complexity index is 765. The second-order valence-electron chi connectivity index (χ2n) is 7.74. The molecule has 0 spiro atoms. The van der Waals surface area contributed by atoms with Crippen molar-refractivity contribution in [3.63, 3.8) is 0 Å². The normalized spacial score (nSPS) is 16.6. The van der Waals surface area contributed by atoms with Crippen molar-refractivity contribution in [2.75, 3.05) is 39.3 Å². The van der Waals surface area contributed by atoms with Crippen LogP contribution in [0.4, 0.5) is 0 Å². The molecule has 1 saturated heterocycles. The van der Waals surface area contributed by atoms with Crippen LogP contribution in [0, 0.1) is 0 Å². The second-order valence-corrected chi connectivity index (χ2v) is 7.74.